The lowest BCUT2D eigenvalue weighted by Gasteiger charge is -2.19. The number of fused-ring (bicyclic) bond motifs is 4. The molecule has 1 heterocycles. The zero-order valence-electron chi connectivity index (χ0n) is 48.3. The molecule has 13 rings (SSSR count). The Kier molecular flexibility index (Phi) is 15.4. The van der Waals surface area contributed by atoms with E-state index in [0.29, 0.717) is 35.3 Å². The van der Waals surface area contributed by atoms with E-state index in [1.807, 2.05) is 12.1 Å². The van der Waals surface area contributed by atoms with E-state index in [9.17, 15) is 18.3 Å². The summed E-state index contributed by atoms with van der Waals surface area (Å²) in [6.45, 7) is 12.2. The summed E-state index contributed by atoms with van der Waals surface area (Å²) >= 11 is 3.71. The average Bonchev–Trinajstić information content (AvgIpc) is 4.40. The third-order valence-electron chi connectivity index (χ3n) is 19.0. The predicted octanol–water partition coefficient (Wildman–Crippen LogP) is 14.7. The molecule has 0 aliphatic heterocycles. The molecule has 1 aromatic heterocycles. The number of aliphatic hydroxyl groups is 1. The van der Waals surface area contributed by atoms with E-state index < -0.39 is 21.2 Å². The predicted molar refractivity (Wildman–Crippen MR) is 314 cm³/mol. The van der Waals surface area contributed by atoms with Gasteiger partial charge in [-0.25, -0.2) is 8.42 Å². The number of furan rings is 1. The number of carbonyl (C=O) groups is 1. The van der Waals surface area contributed by atoms with Crippen molar-refractivity contribution in [1.82, 2.24) is 0 Å². The van der Waals surface area contributed by atoms with Crippen LogP contribution in [0.2, 0.25) is 0 Å². The molecule has 4 saturated carbocycles. The van der Waals surface area contributed by atoms with Gasteiger partial charge in [-0.05, 0) is 268 Å². The highest BCUT2D eigenvalue weighted by molar-refractivity contribution is 9.10. The highest BCUT2D eigenvalue weighted by atomic mass is 79.9. The first-order valence-electron chi connectivity index (χ1n) is 30.2. The van der Waals surface area contributed by atoms with Crippen molar-refractivity contribution in [2.24, 2.45) is 23.7 Å². The topological polar surface area (TPSA) is 163 Å². The Morgan fingerprint density at radius 2 is 1.05 bits per heavy atom. The highest BCUT2D eigenvalue weighted by Gasteiger charge is 2.36. The summed E-state index contributed by atoms with van der Waals surface area (Å²) in [6, 6.07) is 13.4. The maximum Gasteiger partial charge on any atom is 0.218 e. The molecule has 76 heavy (non-hydrogen) atoms. The van der Waals surface area contributed by atoms with Crippen LogP contribution >= 0.6 is 15.9 Å². The van der Waals surface area contributed by atoms with Gasteiger partial charge in [-0.15, -0.1) is 0 Å². The van der Waals surface area contributed by atoms with Crippen LogP contribution in [0.5, 0.6) is 0 Å². The average molecular weight is 1120 g/mol. The largest absolute Gasteiger partial charge is 0.453 e. The van der Waals surface area contributed by atoms with Gasteiger partial charge in [0.25, 0.3) is 0 Å². The number of hydrogen-bond acceptors (Lipinski definition) is 8. The van der Waals surface area contributed by atoms with Gasteiger partial charge in [0.15, 0.2) is 5.78 Å². The summed E-state index contributed by atoms with van der Waals surface area (Å²) in [6.07, 6.45) is 25.2. The molecule has 8 aliphatic carbocycles. The number of hydrogen-bond donors (Lipinski definition) is 4. The molecule has 4 fully saturated rings. The fourth-order valence-corrected chi connectivity index (χ4v) is 15.1. The van der Waals surface area contributed by atoms with E-state index in [4.69, 9.17) is 24.4 Å². The van der Waals surface area contributed by atoms with Gasteiger partial charge in [0.1, 0.15) is 5.75 Å². The second-order valence-electron chi connectivity index (χ2n) is 24.9. The lowest BCUT2D eigenvalue weighted by atomic mass is 9.86. The third-order valence-corrected chi connectivity index (χ3v) is 21.2. The maximum atomic E-state index is 12.9. The fraction of sp³-hybridized carbons (Fsp3) is 0.561. The van der Waals surface area contributed by atoms with Crippen LogP contribution in [0.3, 0.4) is 0 Å². The molecule has 0 unspecified atom stereocenters. The smallest absolute Gasteiger partial charge is 0.218 e. The van der Waals surface area contributed by atoms with Crippen molar-refractivity contribution in [2.75, 3.05) is 23.0 Å². The first-order chi connectivity index (χ1) is 37.1. The summed E-state index contributed by atoms with van der Waals surface area (Å²) in [5.41, 5.74) is 37.7. The lowest BCUT2D eigenvalue weighted by molar-refractivity contribution is -0.116. The van der Waals surface area contributed by atoms with Crippen LogP contribution < -0.4 is 17.2 Å². The number of ketones is 1. The number of nitrogens with two attached hydrogens (primary N) is 3. The number of nitrogen functional groups attached to an aromatic ring is 3. The molecular weight excluding hydrogens is 1030 g/mol. The molecule has 0 saturated heterocycles. The third kappa shape index (κ3) is 12.1. The first kappa shape index (κ1) is 52.3. The molecule has 4 atom stereocenters. The van der Waals surface area contributed by atoms with Crippen LogP contribution in [0.1, 0.15) is 223 Å². The van der Waals surface area contributed by atoms with E-state index >= 15 is 0 Å². The molecule has 10 heteroatoms. The molecule has 0 radical (unpaired) electrons. The van der Waals surface area contributed by atoms with E-state index in [1.165, 1.54) is 150 Å². The van der Waals surface area contributed by atoms with Gasteiger partial charge in [-0.1, -0.05) is 80.0 Å². The molecule has 0 bridgehead atoms. The van der Waals surface area contributed by atoms with Gasteiger partial charge in [-0.3, -0.25) is 4.79 Å². The quantitative estimate of drug-likeness (QED) is 0.0799. The van der Waals surface area contributed by atoms with Gasteiger partial charge in [0.05, 0.1) is 14.6 Å². The van der Waals surface area contributed by atoms with E-state index in [-0.39, 0.29) is 23.2 Å². The lowest BCUT2D eigenvalue weighted by Crippen LogP contribution is -2.20. The Labute approximate surface area is 466 Å². The molecule has 0 amide bonds. The number of rotatable bonds is 14. The minimum Gasteiger partial charge on any atom is -0.453 e. The van der Waals surface area contributed by atoms with Crippen LogP contribution in [0.4, 0.5) is 17.1 Å². The van der Waals surface area contributed by atoms with Gasteiger partial charge in [0.2, 0.25) is 14.9 Å². The fourth-order valence-electron chi connectivity index (χ4n) is 13.3. The molecule has 7 N–H and O–H groups in total. The number of sulfone groups is 1. The van der Waals surface area contributed by atoms with E-state index in [0.717, 1.165) is 108 Å². The van der Waals surface area contributed by atoms with Crippen LogP contribution in [0.25, 0.3) is 0 Å². The van der Waals surface area contributed by atoms with Gasteiger partial charge >= 0.3 is 0 Å². The molecule has 8 nitrogen and oxygen atoms in total. The summed E-state index contributed by atoms with van der Waals surface area (Å²) < 4.78 is 48.5. The zero-order valence-corrected chi connectivity index (χ0v) is 48.7. The Morgan fingerprint density at radius 3 is 1.61 bits per heavy atom. The van der Waals surface area contributed by atoms with Crippen LogP contribution in [-0.2, 0) is 78.0 Å². The summed E-state index contributed by atoms with van der Waals surface area (Å²) in [5.74, 6) is 4.32. The second-order valence-corrected chi connectivity index (χ2v) is 27.7. The van der Waals surface area contributed by atoms with Crippen molar-refractivity contribution in [1.29, 1.82) is 0 Å². The van der Waals surface area contributed by atoms with Crippen LogP contribution in [0.15, 0.2) is 68.7 Å². The summed E-state index contributed by atoms with van der Waals surface area (Å²) in [5, 5.41) is 9.76. The normalized spacial score (nSPS) is 20.2. The SMILES string of the molecule is C[C@H](c1cc(Br)c2c(c1N)CCC2)C1CC1.C[C@H](c1ccc2c(c1N)CCC2)C1CC1.[2H]c1cc([C@@H](C)C2CC2)c(CC(=O)CS(=O)(=O)c2cc(C(C)(C)O)co2)c2c1CCC2.[2H]c1cc([C@@H](C)C2CC2)c(N)c2c1CCC2. The number of carbonyl (C=O) groups excluding carboxylic acids is 1. The Morgan fingerprint density at radius 1 is 0.618 bits per heavy atom. The van der Waals surface area contributed by atoms with Crippen molar-refractivity contribution < 1.29 is 25.5 Å². The second kappa shape index (κ2) is 22.4. The Hall–Kier alpha value is -4.38. The standard InChI is InChI=1S/C24H30O5S.C14H18BrN.2C14H19N/c1-15(16-7-8-16)20-10-9-17-5-4-6-21(17)22(20)12-19(25)14-30(27,28)23-11-18(13-29-23)24(2,3)26;1-8(9-5-6-9)12-7-13(15)10-3-2-4-11(10)14(12)16;2*1-9(10-5-6-10)12-8-7-11-3-2-4-13(11)14(12)15/h9-11,13,15-16,26H,4-8,12,14H2,1-3H3;7-9H,2-6,16H2,1H3;2*7-10H,2-6,15H2,1H3/t15-;8-;2*9-/m0000/s1/i9D;;7D;. The van der Waals surface area contributed by atoms with Crippen molar-refractivity contribution in [3.8, 4) is 0 Å². The molecule has 8 aliphatic rings. The molecular formula is C66H86BrN3O5S. The monoisotopic (exact) mass is 1110 g/mol. The van der Waals surface area contributed by atoms with Crippen molar-refractivity contribution in [3.63, 3.8) is 0 Å². The van der Waals surface area contributed by atoms with Gasteiger partial charge in [0, 0.05) is 39.6 Å². The molecule has 4 aromatic carbocycles. The van der Waals surface area contributed by atoms with Gasteiger partial charge < -0.3 is 26.7 Å². The van der Waals surface area contributed by atoms with E-state index in [1.54, 1.807) is 13.8 Å². The summed E-state index contributed by atoms with van der Waals surface area (Å²) in [7, 11) is -3.94. The first-order valence-corrected chi connectivity index (χ1v) is 31.7. The van der Waals surface area contributed by atoms with Crippen molar-refractivity contribution in [2.45, 2.75) is 211 Å². The molecule has 0 spiro atoms. The number of anilines is 3. The minimum atomic E-state index is -3.94. The number of aryl methyl sites for hydroxylation is 1. The van der Waals surface area contributed by atoms with E-state index in [2.05, 4.69) is 61.8 Å². The molecule has 5 aromatic rings. The van der Waals surface area contributed by atoms with Crippen LogP contribution in [0, 0.1) is 23.7 Å². The number of halogens is 1. The van der Waals surface area contributed by atoms with Crippen molar-refractivity contribution >= 4 is 48.6 Å². The van der Waals surface area contributed by atoms with Crippen molar-refractivity contribution in [3.05, 3.63) is 137 Å². The summed E-state index contributed by atoms with van der Waals surface area (Å²) in [4.78, 5) is 12.9. The highest BCUT2D eigenvalue weighted by Crippen LogP contribution is 2.49. The maximum absolute atomic E-state index is 12.9. The Bertz CT molecular complexity index is 3120. The molecule has 408 valence electrons. The zero-order chi connectivity index (χ0) is 55.5. The minimum absolute atomic E-state index is 0.0628. The van der Waals surface area contributed by atoms with Crippen LogP contribution in [-0.4, -0.2) is 25.1 Å². The number of Topliss-reactive ketones (excluding diaryl/α,β-unsaturated/α-hetero) is 1. The number of benzene rings is 4. The van der Waals surface area contributed by atoms with Gasteiger partial charge in [-0.2, -0.15) is 0 Å². The Balaban J connectivity index is 0.000000124.